The Morgan fingerprint density at radius 1 is 1.11 bits per heavy atom. The molecule has 6 rings (SSSR count). The lowest BCUT2D eigenvalue weighted by Crippen LogP contribution is -2.53. The van der Waals surface area contributed by atoms with E-state index in [-0.39, 0.29) is 26.2 Å². The van der Waals surface area contributed by atoms with E-state index in [4.69, 9.17) is 26.8 Å². The lowest BCUT2D eigenvalue weighted by atomic mass is 9.76. The van der Waals surface area contributed by atoms with Crippen LogP contribution in [0.2, 0.25) is 5.02 Å². The number of nitrogens with one attached hydrogen (secondary N) is 2. The minimum atomic E-state index is -1.48. The molecule has 2 aromatic carbocycles. The Kier molecular flexibility index (Phi) is 4.81. The second-order valence-corrected chi connectivity index (χ2v) is 9.60. The third-order valence-corrected chi connectivity index (χ3v) is 7.48. The molecule has 4 amide bonds. The van der Waals surface area contributed by atoms with Gasteiger partial charge in [-0.1, -0.05) is 17.7 Å². The van der Waals surface area contributed by atoms with E-state index in [0.29, 0.717) is 33.3 Å². The maximum atomic E-state index is 13.8. The van der Waals surface area contributed by atoms with E-state index in [1.165, 1.54) is 4.90 Å². The second kappa shape index (κ2) is 7.69. The van der Waals surface area contributed by atoms with E-state index in [1.807, 2.05) is 0 Å². The van der Waals surface area contributed by atoms with Crippen molar-refractivity contribution in [2.45, 2.75) is 31.0 Å². The molecular weight excluding hydrogens is 476 g/mol. The summed E-state index contributed by atoms with van der Waals surface area (Å²) in [4.78, 5) is 53.6. The van der Waals surface area contributed by atoms with Gasteiger partial charge in [0.05, 0.1) is 18.4 Å². The molecule has 1 spiro atoms. The van der Waals surface area contributed by atoms with Crippen molar-refractivity contribution in [1.29, 1.82) is 0 Å². The molecule has 0 aromatic heterocycles. The molecule has 11 heteroatoms. The van der Waals surface area contributed by atoms with Crippen LogP contribution in [0.4, 0.5) is 5.69 Å². The fourth-order valence-electron chi connectivity index (χ4n) is 5.76. The average Bonchev–Trinajstić information content (AvgIpc) is 3.55. The number of rotatable bonds is 5. The first-order chi connectivity index (χ1) is 16.8. The van der Waals surface area contributed by atoms with Crippen molar-refractivity contribution in [2.75, 3.05) is 12.1 Å². The molecule has 0 bridgehead atoms. The molecular formula is C24H21ClN4O6. The Balaban J connectivity index is 1.40. The van der Waals surface area contributed by atoms with Gasteiger partial charge in [-0.2, -0.15) is 0 Å². The first-order valence-corrected chi connectivity index (χ1v) is 11.6. The molecule has 4 atom stereocenters. The first-order valence-electron chi connectivity index (χ1n) is 11.2. The molecule has 10 nitrogen and oxygen atoms in total. The van der Waals surface area contributed by atoms with Gasteiger partial charge in [-0.3, -0.25) is 29.4 Å². The molecule has 0 aliphatic carbocycles. The lowest BCUT2D eigenvalue weighted by molar-refractivity contribution is -0.143. The SMILES string of the molecule is NC(=O)CC[C@@H]1N[C@@]2(C(=O)Nc3ccc(Cl)cc32)[C@@H]2C(=O)N(Cc3ccc4c(c3)OCO4)C(=O)[C@H]12. The van der Waals surface area contributed by atoms with Gasteiger partial charge in [0.25, 0.3) is 0 Å². The second-order valence-electron chi connectivity index (χ2n) is 9.16. The molecule has 2 fully saturated rings. The minimum absolute atomic E-state index is 0.00458. The lowest BCUT2D eigenvalue weighted by Gasteiger charge is -2.29. The van der Waals surface area contributed by atoms with Gasteiger partial charge in [-0.15, -0.1) is 0 Å². The normalized spacial score (nSPS) is 28.0. The van der Waals surface area contributed by atoms with E-state index in [2.05, 4.69) is 10.6 Å². The molecule has 0 radical (unpaired) electrons. The van der Waals surface area contributed by atoms with Crippen molar-refractivity contribution < 1.29 is 28.7 Å². The molecule has 180 valence electrons. The fraction of sp³-hybridized carbons (Fsp3) is 0.333. The monoisotopic (exact) mass is 496 g/mol. The quantitative estimate of drug-likeness (QED) is 0.529. The highest BCUT2D eigenvalue weighted by atomic mass is 35.5. The number of nitrogens with zero attached hydrogens (tertiary/aromatic N) is 1. The highest BCUT2D eigenvalue weighted by molar-refractivity contribution is 6.31. The number of benzene rings is 2. The van der Waals surface area contributed by atoms with Crippen molar-refractivity contribution in [1.82, 2.24) is 10.2 Å². The summed E-state index contributed by atoms with van der Waals surface area (Å²) in [6.45, 7) is 0.126. The van der Waals surface area contributed by atoms with E-state index < -0.39 is 47.0 Å². The predicted molar refractivity (Wildman–Crippen MR) is 122 cm³/mol. The van der Waals surface area contributed by atoms with Gasteiger partial charge in [0.1, 0.15) is 5.54 Å². The highest BCUT2D eigenvalue weighted by Gasteiger charge is 2.70. The number of hydrogen-bond acceptors (Lipinski definition) is 7. The Morgan fingerprint density at radius 3 is 2.71 bits per heavy atom. The summed E-state index contributed by atoms with van der Waals surface area (Å²) in [5, 5.41) is 6.47. The van der Waals surface area contributed by atoms with Crippen LogP contribution in [0.3, 0.4) is 0 Å². The molecule has 2 saturated heterocycles. The molecule has 35 heavy (non-hydrogen) atoms. The fourth-order valence-corrected chi connectivity index (χ4v) is 5.93. The number of imide groups is 1. The Labute approximate surface area is 204 Å². The molecule has 4 aliphatic rings. The van der Waals surface area contributed by atoms with Crippen molar-refractivity contribution in [3.05, 3.63) is 52.5 Å². The zero-order valence-corrected chi connectivity index (χ0v) is 19.1. The number of ether oxygens (including phenoxy) is 2. The topological polar surface area (TPSA) is 140 Å². The van der Waals surface area contributed by atoms with Crippen LogP contribution in [0, 0.1) is 11.8 Å². The van der Waals surface area contributed by atoms with Crippen LogP contribution in [0.15, 0.2) is 36.4 Å². The summed E-state index contributed by atoms with van der Waals surface area (Å²) in [6.07, 6.45) is 0.211. The number of hydrogen-bond donors (Lipinski definition) is 3. The summed E-state index contributed by atoms with van der Waals surface area (Å²) in [7, 11) is 0. The number of anilines is 1. The molecule has 0 saturated carbocycles. The van der Waals surface area contributed by atoms with Gasteiger partial charge < -0.3 is 20.5 Å². The zero-order valence-electron chi connectivity index (χ0n) is 18.4. The van der Waals surface area contributed by atoms with Crippen LogP contribution in [0.5, 0.6) is 11.5 Å². The van der Waals surface area contributed by atoms with Gasteiger partial charge in [-0.25, -0.2) is 0 Å². The summed E-state index contributed by atoms with van der Waals surface area (Å²) in [5.41, 5.74) is 5.60. The molecule has 4 N–H and O–H groups in total. The molecule has 0 unspecified atom stereocenters. The number of amides is 4. The number of likely N-dealkylation sites (tertiary alicyclic amines) is 1. The number of carbonyl (C=O) groups excluding carboxylic acids is 4. The summed E-state index contributed by atoms with van der Waals surface area (Å²) >= 11 is 6.25. The highest BCUT2D eigenvalue weighted by Crippen LogP contribution is 2.54. The Hall–Kier alpha value is -3.63. The third-order valence-electron chi connectivity index (χ3n) is 7.25. The standard InChI is InChI=1S/C24H21ClN4O6/c25-12-2-3-14-13(8-12)24(23(33)27-14)20-19(15(28-24)4-6-18(26)30)21(31)29(22(20)32)9-11-1-5-16-17(7-11)35-10-34-16/h1-3,5,7-8,15,19-20,28H,4,6,9-10H2,(H2,26,30)(H,27,33)/t15-,19+,20-,24+/m0/s1. The summed E-state index contributed by atoms with van der Waals surface area (Å²) in [5.74, 6) is -2.54. The predicted octanol–water partition coefficient (Wildman–Crippen LogP) is 1.25. The van der Waals surface area contributed by atoms with Crippen molar-refractivity contribution in [2.24, 2.45) is 17.6 Å². The van der Waals surface area contributed by atoms with Crippen LogP contribution in [-0.4, -0.2) is 41.4 Å². The van der Waals surface area contributed by atoms with Crippen LogP contribution < -0.4 is 25.8 Å². The Morgan fingerprint density at radius 2 is 1.91 bits per heavy atom. The van der Waals surface area contributed by atoms with E-state index >= 15 is 0 Å². The molecule has 4 heterocycles. The van der Waals surface area contributed by atoms with E-state index in [0.717, 1.165) is 0 Å². The van der Waals surface area contributed by atoms with Crippen LogP contribution in [0.1, 0.15) is 24.0 Å². The Bertz CT molecular complexity index is 1310. The molecule has 2 aromatic rings. The first kappa shape index (κ1) is 21.9. The minimum Gasteiger partial charge on any atom is -0.454 e. The van der Waals surface area contributed by atoms with Crippen molar-refractivity contribution >= 4 is 40.9 Å². The molecule has 4 aliphatic heterocycles. The number of halogens is 1. The van der Waals surface area contributed by atoms with Crippen LogP contribution >= 0.6 is 11.6 Å². The van der Waals surface area contributed by atoms with Crippen LogP contribution in [0.25, 0.3) is 0 Å². The van der Waals surface area contributed by atoms with Gasteiger partial charge in [-0.05, 0) is 42.3 Å². The summed E-state index contributed by atoms with van der Waals surface area (Å²) in [6, 6.07) is 9.55. The number of carbonyl (C=O) groups is 4. The summed E-state index contributed by atoms with van der Waals surface area (Å²) < 4.78 is 10.7. The maximum absolute atomic E-state index is 13.8. The average molecular weight is 497 g/mol. The number of nitrogens with two attached hydrogens (primary N) is 1. The van der Waals surface area contributed by atoms with Crippen molar-refractivity contribution in [3.63, 3.8) is 0 Å². The smallest absolute Gasteiger partial charge is 0.250 e. The van der Waals surface area contributed by atoms with Gasteiger partial charge in [0.15, 0.2) is 11.5 Å². The third kappa shape index (κ3) is 3.13. The van der Waals surface area contributed by atoms with E-state index in [9.17, 15) is 19.2 Å². The van der Waals surface area contributed by atoms with Gasteiger partial charge in [0, 0.05) is 28.7 Å². The van der Waals surface area contributed by atoms with Crippen LogP contribution in [-0.2, 0) is 31.3 Å². The maximum Gasteiger partial charge on any atom is 0.250 e. The number of primary amides is 1. The number of fused-ring (bicyclic) bond motifs is 5. The zero-order chi connectivity index (χ0) is 24.5. The largest absolute Gasteiger partial charge is 0.454 e. The van der Waals surface area contributed by atoms with E-state index in [1.54, 1.807) is 36.4 Å². The van der Waals surface area contributed by atoms with Gasteiger partial charge >= 0.3 is 0 Å². The van der Waals surface area contributed by atoms with Gasteiger partial charge in [0.2, 0.25) is 30.4 Å². The van der Waals surface area contributed by atoms with Crippen molar-refractivity contribution in [3.8, 4) is 11.5 Å².